The molecule has 3 aliphatic carbocycles. The molecule has 7 aromatic carbocycles. The second-order valence-corrected chi connectivity index (χ2v) is 27.8. The minimum atomic E-state index is -0.121. The maximum Gasteiger partial charge on any atom is 0.252 e. The zero-order valence-corrected chi connectivity index (χ0v) is 46.9. The van der Waals surface area contributed by atoms with Crippen LogP contribution >= 0.6 is 0 Å². The number of hydrogen-bond acceptors (Lipinski definition) is 3. The average molecular weight is 972 g/mol. The van der Waals surface area contributed by atoms with Crippen LogP contribution in [0.2, 0.25) is 0 Å². The van der Waals surface area contributed by atoms with Crippen molar-refractivity contribution in [2.24, 2.45) is 0 Å². The Kier molecular flexibility index (Phi) is 10.2. The lowest BCUT2D eigenvalue weighted by Gasteiger charge is -2.51. The van der Waals surface area contributed by atoms with E-state index in [1.54, 1.807) is 0 Å². The quantitative estimate of drug-likeness (QED) is 0.163. The Morgan fingerprint density at radius 1 is 0.405 bits per heavy atom. The van der Waals surface area contributed by atoms with E-state index in [-0.39, 0.29) is 44.7 Å². The normalized spacial score (nSPS) is 23.2. The van der Waals surface area contributed by atoms with Gasteiger partial charge in [0.05, 0.1) is 11.2 Å². The topological polar surface area (TPSA) is 9.72 Å². The van der Waals surface area contributed by atoms with Gasteiger partial charge in [-0.1, -0.05) is 181 Å². The Bertz CT molecular complexity index is 3460. The number of para-hydroxylation sites is 2. The van der Waals surface area contributed by atoms with Crippen LogP contribution in [-0.2, 0) is 32.5 Å². The standard InChI is InChI=1S/C70H78BN3/c1-64(2,3)46-29-32-57(49(39-46)45-23-15-14-16-24-45)73-59-28-20-18-26-55(59)71-56-43-53-54(68(10,11)38-37-67(53,8)9)44-60(56)72(47-30-31-50-52(40-47)66(6,7)36-35-65(50,4)5)61-41-48(42-62(73)63(61)71)74-58-27-19-17-25-51(58)69(12)33-21-22-34-70(69,74)13/h14-20,23-32,39-44H,21-22,33-38H2,1-13H3. The predicted molar refractivity (Wildman–Crippen MR) is 318 cm³/mol. The number of benzene rings is 7. The van der Waals surface area contributed by atoms with Gasteiger partial charge in [-0.05, 0) is 182 Å². The maximum absolute atomic E-state index is 2.83. The fourth-order valence-electron chi connectivity index (χ4n) is 15.5. The fourth-order valence-corrected chi connectivity index (χ4v) is 15.5. The van der Waals surface area contributed by atoms with Crippen molar-refractivity contribution in [3.8, 4) is 11.1 Å². The number of rotatable bonds is 4. The number of fused-ring (bicyclic) bond motifs is 9. The van der Waals surface area contributed by atoms with E-state index < -0.39 is 0 Å². The zero-order chi connectivity index (χ0) is 51.7. The molecule has 0 spiro atoms. The van der Waals surface area contributed by atoms with Crippen LogP contribution in [0.5, 0.6) is 0 Å². The summed E-state index contributed by atoms with van der Waals surface area (Å²) in [6, 6.07) is 55.8. The predicted octanol–water partition coefficient (Wildman–Crippen LogP) is 17.2. The van der Waals surface area contributed by atoms with Gasteiger partial charge in [-0.2, -0.15) is 0 Å². The lowest BCUT2D eigenvalue weighted by Crippen LogP contribution is -2.62. The average Bonchev–Trinajstić information content (AvgIpc) is 3.59. The van der Waals surface area contributed by atoms with Gasteiger partial charge >= 0.3 is 0 Å². The van der Waals surface area contributed by atoms with Crippen molar-refractivity contribution in [1.82, 2.24) is 0 Å². The Balaban J connectivity index is 1.18. The molecular weight excluding hydrogens is 894 g/mol. The van der Waals surface area contributed by atoms with Crippen LogP contribution in [0.15, 0.2) is 140 Å². The molecule has 3 nitrogen and oxygen atoms in total. The van der Waals surface area contributed by atoms with E-state index in [0.29, 0.717) is 0 Å². The maximum atomic E-state index is 2.83. The summed E-state index contributed by atoms with van der Waals surface area (Å²) in [6.07, 6.45) is 9.53. The molecule has 0 aromatic heterocycles. The van der Waals surface area contributed by atoms with Crippen LogP contribution in [0.4, 0.5) is 45.5 Å². The van der Waals surface area contributed by atoms with Crippen LogP contribution in [0.1, 0.15) is 175 Å². The molecule has 6 aliphatic rings. The van der Waals surface area contributed by atoms with Gasteiger partial charge in [0, 0.05) is 50.8 Å². The van der Waals surface area contributed by atoms with Crippen molar-refractivity contribution in [2.75, 3.05) is 14.7 Å². The highest BCUT2D eigenvalue weighted by atomic mass is 15.3. The molecule has 0 radical (unpaired) electrons. The van der Waals surface area contributed by atoms with E-state index in [9.17, 15) is 0 Å². The lowest BCUT2D eigenvalue weighted by atomic mass is 9.33. The first-order valence-electron chi connectivity index (χ1n) is 28.4. The number of nitrogens with zero attached hydrogens (tertiary/aromatic N) is 3. The summed E-state index contributed by atoms with van der Waals surface area (Å²) < 4.78 is 0. The highest BCUT2D eigenvalue weighted by molar-refractivity contribution is 7.00. The van der Waals surface area contributed by atoms with Gasteiger partial charge in [0.25, 0.3) is 6.71 Å². The molecule has 0 saturated heterocycles. The van der Waals surface area contributed by atoms with E-state index in [1.807, 2.05) is 0 Å². The summed E-state index contributed by atoms with van der Waals surface area (Å²) in [6.45, 7) is 32.2. The monoisotopic (exact) mass is 972 g/mol. The summed E-state index contributed by atoms with van der Waals surface area (Å²) in [5.41, 5.74) is 25.9. The van der Waals surface area contributed by atoms with E-state index in [4.69, 9.17) is 0 Å². The minimum absolute atomic E-state index is 0.00762. The summed E-state index contributed by atoms with van der Waals surface area (Å²) >= 11 is 0. The van der Waals surface area contributed by atoms with Gasteiger partial charge in [-0.3, -0.25) is 0 Å². The smallest absolute Gasteiger partial charge is 0.252 e. The van der Waals surface area contributed by atoms with Crippen LogP contribution < -0.4 is 31.1 Å². The van der Waals surface area contributed by atoms with E-state index in [0.717, 1.165) is 6.42 Å². The van der Waals surface area contributed by atoms with Gasteiger partial charge < -0.3 is 14.7 Å². The molecule has 7 aromatic rings. The molecule has 1 fully saturated rings. The Labute approximate surface area is 444 Å². The van der Waals surface area contributed by atoms with Crippen molar-refractivity contribution in [3.05, 3.63) is 173 Å². The van der Waals surface area contributed by atoms with Gasteiger partial charge in [0.15, 0.2) is 0 Å². The Morgan fingerprint density at radius 2 is 0.986 bits per heavy atom. The van der Waals surface area contributed by atoms with Gasteiger partial charge in [0.2, 0.25) is 0 Å². The molecule has 4 heteroatoms. The fraction of sp³-hybridized carbons (Fsp3) is 0.400. The molecule has 3 heterocycles. The van der Waals surface area contributed by atoms with Crippen molar-refractivity contribution in [3.63, 3.8) is 0 Å². The summed E-state index contributed by atoms with van der Waals surface area (Å²) in [5.74, 6) is 0. The van der Waals surface area contributed by atoms with Crippen molar-refractivity contribution >= 4 is 68.6 Å². The molecule has 0 N–H and O–H groups in total. The molecule has 1 saturated carbocycles. The SMILES string of the molecule is CC(C)(C)c1ccc(N2c3ccccc3B3c4cc5c(cc4N(c4ccc6c(c4)C(C)(C)CCC6(C)C)c4cc(N6c7ccccc7C7(C)CCCCC67C)cc2c43)C(C)(C)CCC5(C)C)c(-c2ccccc2)c1. The van der Waals surface area contributed by atoms with Crippen molar-refractivity contribution in [1.29, 1.82) is 0 Å². The highest BCUT2D eigenvalue weighted by Gasteiger charge is 2.58. The molecule has 0 bridgehead atoms. The highest BCUT2D eigenvalue weighted by Crippen LogP contribution is 2.62. The Morgan fingerprint density at radius 3 is 1.68 bits per heavy atom. The first kappa shape index (κ1) is 47.7. The van der Waals surface area contributed by atoms with Crippen LogP contribution in [-0.4, -0.2) is 12.3 Å². The summed E-state index contributed by atoms with van der Waals surface area (Å²) in [7, 11) is 0. The van der Waals surface area contributed by atoms with E-state index >= 15 is 0 Å². The third-order valence-corrected chi connectivity index (χ3v) is 20.5. The van der Waals surface area contributed by atoms with Crippen LogP contribution in [0, 0.1) is 0 Å². The first-order chi connectivity index (χ1) is 35.0. The van der Waals surface area contributed by atoms with Crippen LogP contribution in [0.25, 0.3) is 11.1 Å². The first-order valence-corrected chi connectivity index (χ1v) is 28.4. The molecule has 376 valence electrons. The van der Waals surface area contributed by atoms with E-state index in [2.05, 4.69) is 244 Å². The van der Waals surface area contributed by atoms with Crippen molar-refractivity contribution < 1.29 is 0 Å². The molecule has 2 unspecified atom stereocenters. The second-order valence-electron chi connectivity index (χ2n) is 27.8. The number of anilines is 8. The number of hydrogen-bond donors (Lipinski definition) is 0. The van der Waals surface area contributed by atoms with Crippen molar-refractivity contribution in [2.45, 2.75) is 179 Å². The molecule has 2 atom stereocenters. The zero-order valence-electron chi connectivity index (χ0n) is 46.9. The minimum Gasteiger partial charge on any atom is -0.334 e. The molecular formula is C70H78BN3. The Hall–Kier alpha value is -6.00. The third kappa shape index (κ3) is 6.70. The molecule has 13 rings (SSSR count). The lowest BCUT2D eigenvalue weighted by molar-refractivity contribution is 0.195. The summed E-state index contributed by atoms with van der Waals surface area (Å²) in [4.78, 5) is 8.29. The second kappa shape index (κ2) is 15.8. The van der Waals surface area contributed by atoms with E-state index in [1.165, 1.54) is 151 Å². The third-order valence-electron chi connectivity index (χ3n) is 20.5. The molecule has 3 aliphatic heterocycles. The largest absolute Gasteiger partial charge is 0.334 e. The molecule has 74 heavy (non-hydrogen) atoms. The van der Waals surface area contributed by atoms with Gasteiger partial charge in [0.1, 0.15) is 0 Å². The van der Waals surface area contributed by atoms with Gasteiger partial charge in [-0.15, -0.1) is 0 Å². The van der Waals surface area contributed by atoms with Crippen LogP contribution in [0.3, 0.4) is 0 Å². The van der Waals surface area contributed by atoms with Gasteiger partial charge in [-0.25, -0.2) is 0 Å². The molecule has 0 amide bonds. The summed E-state index contributed by atoms with van der Waals surface area (Å²) in [5, 5.41) is 0.